The van der Waals surface area contributed by atoms with Crippen LogP contribution in [0.2, 0.25) is 0 Å². The Morgan fingerprint density at radius 1 is 1.11 bits per heavy atom. The maximum absolute atomic E-state index is 9.28. The molecule has 0 aromatic rings. The molecule has 2 heterocycles. The Morgan fingerprint density at radius 3 is 2.22 bits per heavy atom. The Hall–Kier alpha value is 0.310. The first-order valence-corrected chi connectivity index (χ1v) is 4.62. The van der Waals surface area contributed by atoms with Gasteiger partial charge in [0, 0.05) is 10.5 Å². The Bertz CT molecular complexity index is 103. The monoisotopic (exact) mass is 144 g/mol. The molecule has 3 atom stereocenters. The third-order valence-corrected chi connectivity index (χ3v) is 3.89. The van der Waals surface area contributed by atoms with Crippen LogP contribution < -0.4 is 0 Å². The number of thioether (sulfide) groups is 1. The second kappa shape index (κ2) is 2.17. The third kappa shape index (κ3) is 1.10. The van der Waals surface area contributed by atoms with Gasteiger partial charge in [-0.05, 0) is 25.7 Å². The molecule has 52 valence electrons. The zero-order chi connectivity index (χ0) is 6.27. The number of aliphatic hydroxyl groups excluding tert-OH is 1. The summed E-state index contributed by atoms with van der Waals surface area (Å²) in [6.07, 6.45) is 4.85. The Kier molecular flexibility index (Phi) is 1.46. The minimum atomic E-state index is 0.0312. The molecular weight excluding hydrogens is 132 g/mol. The van der Waals surface area contributed by atoms with E-state index in [0.717, 1.165) is 23.3 Å². The molecule has 2 bridgehead atoms. The molecule has 2 rings (SSSR count). The zero-order valence-electron chi connectivity index (χ0n) is 5.42. The van der Waals surface area contributed by atoms with Crippen molar-refractivity contribution < 1.29 is 5.11 Å². The van der Waals surface area contributed by atoms with Gasteiger partial charge in [-0.15, -0.1) is 0 Å². The van der Waals surface area contributed by atoms with Gasteiger partial charge in [0.25, 0.3) is 0 Å². The SMILES string of the molecule is O[C@@H]1C[C@H]2CC[C@@H](C1)S2. The first-order valence-electron chi connectivity index (χ1n) is 3.68. The average Bonchev–Trinajstić information content (AvgIpc) is 2.11. The zero-order valence-corrected chi connectivity index (χ0v) is 6.23. The summed E-state index contributed by atoms with van der Waals surface area (Å²) in [5.41, 5.74) is 0. The molecule has 2 aliphatic rings. The molecule has 0 aromatic carbocycles. The highest BCUT2D eigenvalue weighted by Crippen LogP contribution is 2.43. The molecule has 0 amide bonds. The molecule has 0 aliphatic carbocycles. The number of rotatable bonds is 0. The van der Waals surface area contributed by atoms with Crippen molar-refractivity contribution in [2.75, 3.05) is 0 Å². The molecule has 0 radical (unpaired) electrons. The molecule has 0 unspecified atom stereocenters. The van der Waals surface area contributed by atoms with Gasteiger partial charge in [0.1, 0.15) is 0 Å². The molecule has 2 aliphatic heterocycles. The normalized spacial score (nSPS) is 49.7. The molecule has 1 nitrogen and oxygen atoms in total. The Labute approximate surface area is 59.8 Å². The molecule has 9 heavy (non-hydrogen) atoms. The van der Waals surface area contributed by atoms with Crippen molar-refractivity contribution in [1.82, 2.24) is 0 Å². The fourth-order valence-corrected chi connectivity index (χ4v) is 3.59. The summed E-state index contributed by atoms with van der Waals surface area (Å²) in [6.45, 7) is 0. The summed E-state index contributed by atoms with van der Waals surface area (Å²) in [4.78, 5) is 0. The first kappa shape index (κ1) is 6.05. The van der Waals surface area contributed by atoms with E-state index in [1.807, 2.05) is 0 Å². The van der Waals surface area contributed by atoms with Crippen LogP contribution in [0.3, 0.4) is 0 Å². The van der Waals surface area contributed by atoms with Crippen LogP contribution in [-0.2, 0) is 0 Å². The molecular formula is C7H12OS. The largest absolute Gasteiger partial charge is 0.393 e. The van der Waals surface area contributed by atoms with Crippen LogP contribution in [0.5, 0.6) is 0 Å². The van der Waals surface area contributed by atoms with Crippen LogP contribution in [0.4, 0.5) is 0 Å². The average molecular weight is 144 g/mol. The van der Waals surface area contributed by atoms with Gasteiger partial charge >= 0.3 is 0 Å². The van der Waals surface area contributed by atoms with E-state index in [9.17, 15) is 5.11 Å². The maximum Gasteiger partial charge on any atom is 0.0561 e. The molecule has 2 heteroatoms. The van der Waals surface area contributed by atoms with Crippen molar-refractivity contribution in [1.29, 1.82) is 0 Å². The fourth-order valence-electron chi connectivity index (χ4n) is 1.83. The van der Waals surface area contributed by atoms with E-state index in [1.165, 1.54) is 12.8 Å². The highest BCUT2D eigenvalue weighted by Gasteiger charge is 2.33. The van der Waals surface area contributed by atoms with E-state index in [0.29, 0.717) is 0 Å². The van der Waals surface area contributed by atoms with E-state index in [-0.39, 0.29) is 6.10 Å². The number of fused-ring (bicyclic) bond motifs is 2. The second-order valence-electron chi connectivity index (χ2n) is 3.08. The second-order valence-corrected chi connectivity index (χ2v) is 4.69. The molecule has 2 saturated heterocycles. The Morgan fingerprint density at radius 2 is 1.67 bits per heavy atom. The van der Waals surface area contributed by atoms with Crippen molar-refractivity contribution in [2.24, 2.45) is 0 Å². The van der Waals surface area contributed by atoms with Gasteiger partial charge in [0.05, 0.1) is 6.10 Å². The standard InChI is InChI=1S/C7H12OS/c8-5-3-6-1-2-7(4-5)9-6/h5-8H,1-4H2/t5-,6-,7+. The lowest BCUT2D eigenvalue weighted by Crippen LogP contribution is -2.20. The number of aliphatic hydroxyl groups is 1. The Balaban J connectivity index is 2.03. The minimum Gasteiger partial charge on any atom is -0.393 e. The van der Waals surface area contributed by atoms with E-state index in [2.05, 4.69) is 11.8 Å². The van der Waals surface area contributed by atoms with Crippen LogP contribution in [-0.4, -0.2) is 21.7 Å². The van der Waals surface area contributed by atoms with E-state index < -0.39 is 0 Å². The van der Waals surface area contributed by atoms with Crippen LogP contribution in [0.1, 0.15) is 25.7 Å². The van der Waals surface area contributed by atoms with Gasteiger partial charge in [-0.25, -0.2) is 0 Å². The van der Waals surface area contributed by atoms with Crippen LogP contribution in [0.25, 0.3) is 0 Å². The number of hydrogen-bond donors (Lipinski definition) is 1. The summed E-state index contributed by atoms with van der Waals surface area (Å²) in [5.74, 6) is 0. The summed E-state index contributed by atoms with van der Waals surface area (Å²) in [6, 6.07) is 0. The van der Waals surface area contributed by atoms with Gasteiger partial charge in [-0.2, -0.15) is 11.8 Å². The summed E-state index contributed by atoms with van der Waals surface area (Å²) in [7, 11) is 0. The predicted octanol–water partition coefficient (Wildman–Crippen LogP) is 1.41. The lowest BCUT2D eigenvalue weighted by atomic mass is 10.1. The molecule has 2 fully saturated rings. The van der Waals surface area contributed by atoms with Crippen molar-refractivity contribution in [2.45, 2.75) is 42.3 Å². The van der Waals surface area contributed by atoms with Gasteiger partial charge in [0.15, 0.2) is 0 Å². The topological polar surface area (TPSA) is 20.2 Å². The van der Waals surface area contributed by atoms with Gasteiger partial charge in [-0.1, -0.05) is 0 Å². The predicted molar refractivity (Wildman–Crippen MR) is 39.6 cm³/mol. The van der Waals surface area contributed by atoms with Crippen LogP contribution >= 0.6 is 11.8 Å². The van der Waals surface area contributed by atoms with E-state index >= 15 is 0 Å². The fraction of sp³-hybridized carbons (Fsp3) is 1.00. The third-order valence-electron chi connectivity index (χ3n) is 2.27. The van der Waals surface area contributed by atoms with Crippen molar-refractivity contribution in [3.8, 4) is 0 Å². The smallest absolute Gasteiger partial charge is 0.0561 e. The summed E-state index contributed by atoms with van der Waals surface area (Å²) in [5, 5.41) is 10.9. The lowest BCUT2D eigenvalue weighted by Gasteiger charge is -2.22. The van der Waals surface area contributed by atoms with Crippen LogP contribution in [0, 0.1) is 0 Å². The maximum atomic E-state index is 9.28. The van der Waals surface area contributed by atoms with Gasteiger partial charge < -0.3 is 5.11 Å². The molecule has 0 aromatic heterocycles. The van der Waals surface area contributed by atoms with Crippen molar-refractivity contribution >= 4 is 11.8 Å². The quantitative estimate of drug-likeness (QED) is 0.554. The molecule has 0 saturated carbocycles. The highest BCUT2D eigenvalue weighted by atomic mass is 32.2. The highest BCUT2D eigenvalue weighted by molar-refractivity contribution is 8.00. The number of hydrogen-bond acceptors (Lipinski definition) is 2. The van der Waals surface area contributed by atoms with Gasteiger partial charge in [0.2, 0.25) is 0 Å². The minimum absolute atomic E-state index is 0.0312. The summed E-state index contributed by atoms with van der Waals surface area (Å²) >= 11 is 2.10. The first-order chi connectivity index (χ1) is 4.34. The van der Waals surface area contributed by atoms with E-state index in [4.69, 9.17) is 0 Å². The van der Waals surface area contributed by atoms with Crippen molar-refractivity contribution in [3.63, 3.8) is 0 Å². The van der Waals surface area contributed by atoms with Crippen molar-refractivity contribution in [3.05, 3.63) is 0 Å². The molecule has 1 N–H and O–H groups in total. The van der Waals surface area contributed by atoms with Gasteiger partial charge in [-0.3, -0.25) is 0 Å². The van der Waals surface area contributed by atoms with E-state index in [1.54, 1.807) is 0 Å². The lowest BCUT2D eigenvalue weighted by molar-refractivity contribution is 0.156. The molecule has 0 spiro atoms. The van der Waals surface area contributed by atoms with Crippen LogP contribution in [0.15, 0.2) is 0 Å². The summed E-state index contributed by atoms with van der Waals surface area (Å²) < 4.78 is 0.